The van der Waals surface area contributed by atoms with Gasteiger partial charge in [0.25, 0.3) is 12.2 Å². The van der Waals surface area contributed by atoms with Gasteiger partial charge in [0.2, 0.25) is 0 Å². The van der Waals surface area contributed by atoms with Crippen molar-refractivity contribution in [1.82, 2.24) is 29.7 Å². The SMILES string of the molecule is CC[C@@H]1c2[nH]nc[n+]2-c2cnc(-c3cnc(C)n3C)nc2N1C1CCCC1. The quantitative estimate of drug-likeness (QED) is 0.721. The molecule has 2 aliphatic rings. The van der Waals surface area contributed by atoms with Crippen LogP contribution in [0.25, 0.3) is 17.2 Å². The second-order valence-electron chi connectivity index (χ2n) is 7.53. The predicted octanol–water partition coefficient (Wildman–Crippen LogP) is 2.40. The first kappa shape index (κ1) is 16.4. The Kier molecular flexibility index (Phi) is 3.73. The van der Waals surface area contributed by atoms with Crippen LogP contribution >= 0.6 is 0 Å². The maximum Gasteiger partial charge on any atom is 0.270 e. The fourth-order valence-electron chi connectivity index (χ4n) is 4.53. The minimum absolute atomic E-state index is 0.249. The molecule has 1 aliphatic carbocycles. The highest BCUT2D eigenvalue weighted by atomic mass is 15.4. The Morgan fingerprint density at radius 1 is 1.22 bits per heavy atom. The Labute approximate surface area is 158 Å². The number of aromatic amines is 1. The molecule has 1 saturated carbocycles. The van der Waals surface area contributed by atoms with Crippen LogP contribution in [0.4, 0.5) is 5.82 Å². The molecule has 8 nitrogen and oxygen atoms in total. The van der Waals surface area contributed by atoms with Gasteiger partial charge >= 0.3 is 0 Å². The molecule has 27 heavy (non-hydrogen) atoms. The molecule has 3 aromatic rings. The van der Waals surface area contributed by atoms with E-state index in [1.807, 2.05) is 37.3 Å². The summed E-state index contributed by atoms with van der Waals surface area (Å²) in [7, 11) is 2.01. The number of nitrogens with zero attached hydrogens (tertiary/aromatic N) is 7. The summed E-state index contributed by atoms with van der Waals surface area (Å²) in [6.45, 7) is 4.23. The van der Waals surface area contributed by atoms with Crippen LogP contribution in [0.3, 0.4) is 0 Å². The van der Waals surface area contributed by atoms with Gasteiger partial charge in [-0.2, -0.15) is 4.57 Å². The van der Waals surface area contributed by atoms with E-state index in [0.29, 0.717) is 6.04 Å². The Morgan fingerprint density at radius 3 is 2.74 bits per heavy atom. The molecule has 4 heterocycles. The van der Waals surface area contributed by atoms with Gasteiger partial charge in [0.15, 0.2) is 17.3 Å². The molecule has 0 amide bonds. The number of rotatable bonds is 3. The molecule has 3 aromatic heterocycles. The minimum atomic E-state index is 0.249. The summed E-state index contributed by atoms with van der Waals surface area (Å²) in [5.41, 5.74) is 1.94. The lowest BCUT2D eigenvalue weighted by Crippen LogP contribution is -2.50. The maximum atomic E-state index is 5.05. The summed E-state index contributed by atoms with van der Waals surface area (Å²) in [5, 5.41) is 7.51. The molecule has 8 heteroatoms. The number of hydrogen-bond acceptors (Lipinski definition) is 5. The molecular formula is C19H25N8+. The van der Waals surface area contributed by atoms with Crippen LogP contribution in [0.15, 0.2) is 18.7 Å². The van der Waals surface area contributed by atoms with Crippen molar-refractivity contribution in [3.63, 3.8) is 0 Å². The van der Waals surface area contributed by atoms with E-state index in [0.717, 1.165) is 41.1 Å². The van der Waals surface area contributed by atoms with Crippen LogP contribution in [0.1, 0.15) is 56.7 Å². The number of fused-ring (bicyclic) bond motifs is 3. The number of aromatic nitrogens is 7. The van der Waals surface area contributed by atoms with Gasteiger partial charge in [0.1, 0.15) is 17.6 Å². The fraction of sp³-hybridized carbons (Fsp3) is 0.526. The zero-order valence-corrected chi connectivity index (χ0v) is 16.1. The molecule has 1 atom stereocenters. The van der Waals surface area contributed by atoms with Crippen molar-refractivity contribution >= 4 is 5.82 Å². The lowest BCUT2D eigenvalue weighted by Gasteiger charge is -2.38. The van der Waals surface area contributed by atoms with Gasteiger partial charge in [-0.1, -0.05) is 19.8 Å². The molecule has 5 rings (SSSR count). The predicted molar refractivity (Wildman–Crippen MR) is 100 cm³/mol. The largest absolute Gasteiger partial charge is 0.337 e. The number of aryl methyl sites for hydroxylation is 1. The zero-order chi connectivity index (χ0) is 18.5. The third kappa shape index (κ3) is 2.39. The molecule has 0 aromatic carbocycles. The number of anilines is 1. The molecular weight excluding hydrogens is 340 g/mol. The number of H-pyrrole nitrogens is 1. The van der Waals surface area contributed by atoms with Crippen LogP contribution in [0, 0.1) is 6.92 Å². The van der Waals surface area contributed by atoms with E-state index in [9.17, 15) is 0 Å². The van der Waals surface area contributed by atoms with Crippen LogP contribution in [0.5, 0.6) is 0 Å². The van der Waals surface area contributed by atoms with E-state index >= 15 is 0 Å². The van der Waals surface area contributed by atoms with Gasteiger partial charge in [0, 0.05) is 18.2 Å². The van der Waals surface area contributed by atoms with Crippen molar-refractivity contribution in [3.05, 3.63) is 30.4 Å². The topological polar surface area (TPSA) is 79.4 Å². The van der Waals surface area contributed by atoms with E-state index < -0.39 is 0 Å². The summed E-state index contributed by atoms with van der Waals surface area (Å²) >= 11 is 0. The molecule has 0 saturated heterocycles. The third-order valence-corrected chi connectivity index (χ3v) is 6.07. The summed E-state index contributed by atoms with van der Waals surface area (Å²) in [5.74, 6) is 3.81. The molecule has 1 aliphatic heterocycles. The van der Waals surface area contributed by atoms with Crippen molar-refractivity contribution in [2.75, 3.05) is 4.90 Å². The van der Waals surface area contributed by atoms with Crippen molar-refractivity contribution in [2.24, 2.45) is 7.05 Å². The minimum Gasteiger partial charge on any atom is -0.337 e. The molecule has 0 spiro atoms. The lowest BCUT2D eigenvalue weighted by molar-refractivity contribution is -0.608. The van der Waals surface area contributed by atoms with Crippen LogP contribution in [0.2, 0.25) is 0 Å². The monoisotopic (exact) mass is 365 g/mol. The first-order valence-corrected chi connectivity index (χ1v) is 9.78. The van der Waals surface area contributed by atoms with Crippen LogP contribution in [-0.2, 0) is 7.05 Å². The first-order valence-electron chi connectivity index (χ1n) is 9.78. The number of imidazole rings is 1. The number of nitrogens with one attached hydrogen (secondary N) is 1. The smallest absolute Gasteiger partial charge is 0.270 e. The Morgan fingerprint density at radius 2 is 2.04 bits per heavy atom. The Bertz CT molecular complexity index is 982. The van der Waals surface area contributed by atoms with Gasteiger partial charge in [-0.3, -0.25) is 0 Å². The Hall–Kier alpha value is -2.77. The third-order valence-electron chi connectivity index (χ3n) is 6.07. The summed E-state index contributed by atoms with van der Waals surface area (Å²) in [4.78, 5) is 16.6. The van der Waals surface area contributed by atoms with Gasteiger partial charge in [-0.05, 0) is 26.2 Å². The molecule has 1 fully saturated rings. The van der Waals surface area contributed by atoms with E-state index in [1.54, 1.807) is 0 Å². The maximum absolute atomic E-state index is 5.05. The average Bonchev–Trinajstić information content (AvgIpc) is 3.43. The highest BCUT2D eigenvalue weighted by molar-refractivity contribution is 5.61. The fourth-order valence-corrected chi connectivity index (χ4v) is 4.53. The van der Waals surface area contributed by atoms with Gasteiger partial charge in [-0.25, -0.2) is 15.0 Å². The van der Waals surface area contributed by atoms with Gasteiger partial charge in [0.05, 0.1) is 12.4 Å². The van der Waals surface area contributed by atoms with Crippen LogP contribution in [-0.4, -0.2) is 35.8 Å². The van der Waals surface area contributed by atoms with E-state index in [2.05, 4.69) is 36.6 Å². The van der Waals surface area contributed by atoms with E-state index in [4.69, 9.17) is 4.98 Å². The van der Waals surface area contributed by atoms with Crippen LogP contribution < -0.4 is 9.47 Å². The molecule has 140 valence electrons. The van der Waals surface area contributed by atoms with Crippen molar-refractivity contribution in [2.45, 2.75) is 58.0 Å². The van der Waals surface area contributed by atoms with Gasteiger partial charge < -0.3 is 9.47 Å². The summed E-state index contributed by atoms with van der Waals surface area (Å²) in [6, 6.07) is 0.765. The van der Waals surface area contributed by atoms with Gasteiger partial charge in [-0.15, -0.1) is 5.10 Å². The molecule has 0 bridgehead atoms. The average molecular weight is 365 g/mol. The summed E-state index contributed by atoms with van der Waals surface area (Å²) in [6.07, 6.45) is 11.6. The van der Waals surface area contributed by atoms with E-state index in [1.165, 1.54) is 25.7 Å². The zero-order valence-electron chi connectivity index (χ0n) is 16.1. The van der Waals surface area contributed by atoms with Crippen molar-refractivity contribution in [1.29, 1.82) is 0 Å². The second-order valence-corrected chi connectivity index (χ2v) is 7.53. The highest BCUT2D eigenvalue weighted by Gasteiger charge is 2.41. The first-order chi connectivity index (χ1) is 13.2. The number of hydrogen-bond donors (Lipinski definition) is 1. The molecule has 0 radical (unpaired) electrons. The van der Waals surface area contributed by atoms with Crippen molar-refractivity contribution in [3.8, 4) is 17.2 Å². The normalized spacial score (nSPS) is 19.4. The second kappa shape index (κ2) is 6.14. The molecule has 1 N–H and O–H groups in total. The lowest BCUT2D eigenvalue weighted by atomic mass is 10.0. The molecule has 0 unspecified atom stereocenters. The standard InChI is InChI=1S/C19H24N8/c1-4-14-19-24-22-11-26(19)16-10-21-17(15-9-20-12(2)25(15)3)23-18(16)27(14)13-7-5-6-8-13/h9-11,13-14H,4-8H2,1-3H3/p+1/t14-/m1/s1. The summed E-state index contributed by atoms with van der Waals surface area (Å²) < 4.78 is 4.14. The van der Waals surface area contributed by atoms with E-state index in [-0.39, 0.29) is 6.04 Å². The Balaban J connectivity index is 1.70. The highest BCUT2D eigenvalue weighted by Crippen LogP contribution is 2.40. The van der Waals surface area contributed by atoms with Crippen molar-refractivity contribution < 1.29 is 4.57 Å².